The van der Waals surface area contributed by atoms with Crippen LogP contribution in [0.4, 0.5) is 5.69 Å². The van der Waals surface area contributed by atoms with Gasteiger partial charge in [0.1, 0.15) is 5.75 Å². The Labute approximate surface area is 146 Å². The largest absolute Gasteiger partial charge is 0.495 e. The fraction of sp³-hybridized carbons (Fsp3) is 0.176. The summed E-state index contributed by atoms with van der Waals surface area (Å²) in [6.45, 7) is 2.01. The molecule has 0 aromatic heterocycles. The van der Waals surface area contributed by atoms with Crippen molar-refractivity contribution in [3.63, 3.8) is 0 Å². The van der Waals surface area contributed by atoms with Gasteiger partial charge in [0.15, 0.2) is 5.11 Å². The maximum atomic E-state index is 5.31. The standard InChI is InChI=1S/C17H19N3OS2/c1-12-4-9-16(21-2)15(10-12)19-17(22)20-18-11-13-5-7-14(23-3)8-6-13/h4-11H,1-3H3,(H2,19,20,22)/b18-11+. The molecule has 6 heteroatoms. The van der Waals surface area contributed by atoms with E-state index in [0.29, 0.717) is 5.11 Å². The highest BCUT2D eigenvalue weighted by molar-refractivity contribution is 7.98. The fourth-order valence-corrected chi connectivity index (χ4v) is 2.50. The van der Waals surface area contributed by atoms with E-state index in [-0.39, 0.29) is 0 Å². The highest BCUT2D eigenvalue weighted by Gasteiger charge is 2.04. The normalized spacial score (nSPS) is 10.6. The van der Waals surface area contributed by atoms with E-state index in [0.717, 1.165) is 22.6 Å². The summed E-state index contributed by atoms with van der Waals surface area (Å²) < 4.78 is 5.31. The highest BCUT2D eigenvalue weighted by atomic mass is 32.2. The van der Waals surface area contributed by atoms with E-state index in [9.17, 15) is 0 Å². The van der Waals surface area contributed by atoms with Gasteiger partial charge in [0.2, 0.25) is 0 Å². The lowest BCUT2D eigenvalue weighted by Crippen LogP contribution is -2.24. The molecule has 0 unspecified atom stereocenters. The third kappa shape index (κ3) is 5.26. The van der Waals surface area contributed by atoms with Crippen molar-refractivity contribution in [3.8, 4) is 5.75 Å². The van der Waals surface area contributed by atoms with E-state index in [1.807, 2.05) is 43.5 Å². The van der Waals surface area contributed by atoms with Gasteiger partial charge in [-0.05, 0) is 60.8 Å². The molecule has 2 aromatic rings. The molecule has 0 bridgehead atoms. The van der Waals surface area contributed by atoms with Crippen molar-refractivity contribution in [2.24, 2.45) is 5.10 Å². The summed E-state index contributed by atoms with van der Waals surface area (Å²) in [6.07, 6.45) is 3.78. The van der Waals surface area contributed by atoms with Gasteiger partial charge in [0, 0.05) is 4.90 Å². The van der Waals surface area contributed by atoms with Gasteiger partial charge in [-0.2, -0.15) is 5.10 Å². The third-order valence-electron chi connectivity index (χ3n) is 3.10. The number of thiocarbonyl (C=S) groups is 1. The van der Waals surface area contributed by atoms with Crippen molar-refractivity contribution in [1.82, 2.24) is 5.43 Å². The van der Waals surface area contributed by atoms with Crippen molar-refractivity contribution in [1.29, 1.82) is 0 Å². The third-order valence-corrected chi connectivity index (χ3v) is 4.04. The maximum absolute atomic E-state index is 5.31. The Morgan fingerprint density at radius 1 is 1.22 bits per heavy atom. The van der Waals surface area contributed by atoms with Gasteiger partial charge in [-0.1, -0.05) is 18.2 Å². The number of aryl methyl sites for hydroxylation is 1. The molecule has 0 aliphatic rings. The molecule has 4 nitrogen and oxygen atoms in total. The number of benzene rings is 2. The lowest BCUT2D eigenvalue weighted by molar-refractivity contribution is 0.417. The Hall–Kier alpha value is -2.05. The number of anilines is 1. The van der Waals surface area contributed by atoms with E-state index in [4.69, 9.17) is 17.0 Å². The molecule has 2 aromatic carbocycles. The zero-order valence-electron chi connectivity index (χ0n) is 13.3. The van der Waals surface area contributed by atoms with Crippen molar-refractivity contribution < 1.29 is 4.74 Å². The van der Waals surface area contributed by atoms with E-state index < -0.39 is 0 Å². The number of methoxy groups -OCH3 is 1. The number of nitrogens with zero attached hydrogens (tertiary/aromatic N) is 1. The first-order valence-corrected chi connectivity index (χ1v) is 8.64. The predicted molar refractivity (Wildman–Crippen MR) is 103 cm³/mol. The van der Waals surface area contributed by atoms with Crippen LogP contribution in [0.25, 0.3) is 0 Å². The van der Waals surface area contributed by atoms with Crippen molar-refractivity contribution in [2.75, 3.05) is 18.7 Å². The lowest BCUT2D eigenvalue weighted by atomic mass is 10.2. The molecule has 0 aliphatic carbocycles. The molecule has 0 atom stereocenters. The van der Waals surface area contributed by atoms with Crippen molar-refractivity contribution >= 4 is 41.0 Å². The Balaban J connectivity index is 1.94. The van der Waals surface area contributed by atoms with Gasteiger partial charge in [-0.15, -0.1) is 11.8 Å². The molecule has 23 heavy (non-hydrogen) atoms. The molecule has 0 radical (unpaired) electrons. The van der Waals surface area contributed by atoms with Crippen LogP contribution in [0.1, 0.15) is 11.1 Å². The number of hydrogen-bond acceptors (Lipinski definition) is 4. The second kappa shape index (κ2) is 8.55. The van der Waals surface area contributed by atoms with Gasteiger partial charge < -0.3 is 10.1 Å². The predicted octanol–water partition coefficient (Wildman–Crippen LogP) is 4.05. The van der Waals surface area contributed by atoms with Gasteiger partial charge >= 0.3 is 0 Å². The highest BCUT2D eigenvalue weighted by Crippen LogP contribution is 2.24. The topological polar surface area (TPSA) is 45.6 Å². The first-order valence-electron chi connectivity index (χ1n) is 7.01. The number of rotatable bonds is 5. The van der Waals surface area contributed by atoms with Crippen LogP contribution in [-0.4, -0.2) is 24.7 Å². The number of nitrogens with one attached hydrogen (secondary N) is 2. The summed E-state index contributed by atoms with van der Waals surface area (Å²) in [4.78, 5) is 1.22. The summed E-state index contributed by atoms with van der Waals surface area (Å²) in [5, 5.41) is 7.64. The quantitative estimate of drug-likeness (QED) is 0.370. The smallest absolute Gasteiger partial charge is 0.191 e. The number of ether oxygens (including phenoxy) is 1. The van der Waals surface area contributed by atoms with Crippen molar-refractivity contribution in [2.45, 2.75) is 11.8 Å². The van der Waals surface area contributed by atoms with E-state index >= 15 is 0 Å². The van der Waals surface area contributed by atoms with Crippen LogP contribution < -0.4 is 15.5 Å². The summed E-state index contributed by atoms with van der Waals surface area (Å²) in [5.74, 6) is 0.733. The summed E-state index contributed by atoms with van der Waals surface area (Å²) in [6, 6.07) is 14.0. The molecule has 0 heterocycles. The first kappa shape index (κ1) is 17.3. The van der Waals surface area contributed by atoms with Crippen LogP contribution in [0, 0.1) is 6.92 Å². The average Bonchev–Trinajstić information content (AvgIpc) is 2.56. The Morgan fingerprint density at radius 2 is 1.96 bits per heavy atom. The minimum atomic E-state index is 0.408. The van der Waals surface area contributed by atoms with Crippen molar-refractivity contribution in [3.05, 3.63) is 53.6 Å². The Morgan fingerprint density at radius 3 is 2.61 bits per heavy atom. The van der Waals surface area contributed by atoms with E-state index in [1.165, 1.54) is 4.90 Å². The number of thioether (sulfide) groups is 1. The van der Waals surface area contributed by atoms with Crippen LogP contribution >= 0.6 is 24.0 Å². The van der Waals surface area contributed by atoms with Gasteiger partial charge in [0.05, 0.1) is 19.0 Å². The second-order valence-corrected chi connectivity index (χ2v) is 6.09. The van der Waals surface area contributed by atoms with Crippen LogP contribution in [-0.2, 0) is 0 Å². The van der Waals surface area contributed by atoms with Crippen LogP contribution in [0.2, 0.25) is 0 Å². The molecule has 0 spiro atoms. The maximum Gasteiger partial charge on any atom is 0.191 e. The number of hydrogen-bond donors (Lipinski definition) is 2. The second-order valence-electron chi connectivity index (χ2n) is 4.80. The Bertz CT molecular complexity index is 699. The molecule has 0 saturated carbocycles. The molecular formula is C17H19N3OS2. The summed E-state index contributed by atoms with van der Waals surface area (Å²) in [7, 11) is 1.63. The molecule has 2 rings (SSSR count). The van der Waals surface area contributed by atoms with Crippen LogP contribution in [0.5, 0.6) is 5.75 Å². The zero-order chi connectivity index (χ0) is 16.7. The first-order chi connectivity index (χ1) is 11.1. The van der Waals surface area contributed by atoms with Crippen LogP contribution in [0.3, 0.4) is 0 Å². The Kier molecular flexibility index (Phi) is 6.43. The summed E-state index contributed by atoms with van der Waals surface area (Å²) in [5.41, 5.74) is 5.74. The van der Waals surface area contributed by atoms with Gasteiger partial charge in [0.25, 0.3) is 0 Å². The fourth-order valence-electron chi connectivity index (χ4n) is 1.93. The van der Waals surface area contributed by atoms with Gasteiger partial charge in [-0.3, -0.25) is 5.43 Å². The molecule has 0 fully saturated rings. The molecule has 0 amide bonds. The van der Waals surface area contributed by atoms with E-state index in [1.54, 1.807) is 25.1 Å². The van der Waals surface area contributed by atoms with Gasteiger partial charge in [-0.25, -0.2) is 0 Å². The zero-order valence-corrected chi connectivity index (χ0v) is 14.9. The molecule has 0 saturated heterocycles. The minimum absolute atomic E-state index is 0.408. The van der Waals surface area contributed by atoms with E-state index in [2.05, 4.69) is 28.0 Å². The number of hydrazone groups is 1. The minimum Gasteiger partial charge on any atom is -0.495 e. The molecular weight excluding hydrogens is 326 g/mol. The SMILES string of the molecule is COc1ccc(C)cc1NC(=S)N/N=C/c1ccc(SC)cc1. The molecule has 120 valence electrons. The molecule has 2 N–H and O–H groups in total. The summed E-state index contributed by atoms with van der Waals surface area (Å²) >= 11 is 6.96. The lowest BCUT2D eigenvalue weighted by Gasteiger charge is -2.12. The average molecular weight is 345 g/mol. The molecule has 0 aliphatic heterocycles. The van der Waals surface area contributed by atoms with Crippen LogP contribution in [0.15, 0.2) is 52.5 Å². The monoisotopic (exact) mass is 345 g/mol.